The number of hydrogen-bond donors (Lipinski definition) is 0. The topological polar surface area (TPSA) is 34.9 Å². The Morgan fingerprint density at radius 2 is 1.93 bits per heavy atom. The highest BCUT2D eigenvalue weighted by Crippen LogP contribution is 2.20. The molecule has 0 unspecified atom stereocenters. The van der Waals surface area contributed by atoms with Crippen molar-refractivity contribution in [2.24, 2.45) is 5.41 Å². The average molecular weight is 208 g/mol. The van der Waals surface area contributed by atoms with E-state index in [2.05, 4.69) is 25.9 Å². The van der Waals surface area contributed by atoms with Gasteiger partial charge in [0.25, 0.3) is 0 Å². The molecule has 0 aliphatic heterocycles. The summed E-state index contributed by atoms with van der Waals surface area (Å²) in [7, 11) is 0. The zero-order valence-corrected chi connectivity index (χ0v) is 10.3. The molecular weight excluding hydrogens is 188 g/mol. The maximum atomic E-state index is 10.8. The van der Waals surface area contributed by atoms with Crippen molar-refractivity contribution in [1.29, 1.82) is 0 Å². The first kappa shape index (κ1) is 12.0. The van der Waals surface area contributed by atoms with Crippen LogP contribution in [0.3, 0.4) is 0 Å². The largest absolute Gasteiger partial charge is 0.298 e. The Kier molecular flexibility index (Phi) is 3.32. The second kappa shape index (κ2) is 4.17. The molecule has 3 nitrogen and oxygen atoms in total. The Hall–Kier alpha value is -1.12. The van der Waals surface area contributed by atoms with Crippen LogP contribution in [0.2, 0.25) is 0 Å². The van der Waals surface area contributed by atoms with Crippen molar-refractivity contribution < 1.29 is 4.79 Å². The van der Waals surface area contributed by atoms with Gasteiger partial charge in [-0.1, -0.05) is 20.8 Å². The first-order chi connectivity index (χ1) is 6.85. The smallest absolute Gasteiger partial charge is 0.153 e. The van der Waals surface area contributed by atoms with Crippen LogP contribution in [-0.2, 0) is 6.54 Å². The van der Waals surface area contributed by atoms with Crippen molar-refractivity contribution in [2.45, 2.75) is 47.6 Å². The van der Waals surface area contributed by atoms with Crippen molar-refractivity contribution in [3.8, 4) is 0 Å². The third-order valence-corrected chi connectivity index (χ3v) is 2.63. The van der Waals surface area contributed by atoms with Gasteiger partial charge < -0.3 is 0 Å². The highest BCUT2D eigenvalue weighted by atomic mass is 16.1. The van der Waals surface area contributed by atoms with E-state index >= 15 is 0 Å². The van der Waals surface area contributed by atoms with Crippen LogP contribution in [0, 0.1) is 19.3 Å². The maximum absolute atomic E-state index is 10.8. The molecule has 0 aromatic carbocycles. The van der Waals surface area contributed by atoms with Gasteiger partial charge in [-0.15, -0.1) is 0 Å². The minimum Gasteiger partial charge on any atom is -0.298 e. The molecule has 0 spiro atoms. The monoisotopic (exact) mass is 208 g/mol. The molecule has 15 heavy (non-hydrogen) atoms. The second-order valence-corrected chi connectivity index (χ2v) is 5.24. The number of carbonyl (C=O) groups excluding carboxylic acids is 1. The predicted molar refractivity (Wildman–Crippen MR) is 61.2 cm³/mol. The molecule has 0 saturated carbocycles. The first-order valence-corrected chi connectivity index (χ1v) is 5.34. The number of aldehydes is 1. The highest BCUT2D eigenvalue weighted by molar-refractivity contribution is 5.77. The van der Waals surface area contributed by atoms with Crippen molar-refractivity contribution >= 4 is 6.29 Å². The van der Waals surface area contributed by atoms with Gasteiger partial charge in [0.15, 0.2) is 6.29 Å². The lowest BCUT2D eigenvalue weighted by atomic mass is 9.92. The molecule has 0 amide bonds. The SMILES string of the molecule is Cc1nn(CCC(C)(C)C)c(C)c1C=O. The molecule has 1 rings (SSSR count). The number of carbonyl (C=O) groups is 1. The molecule has 0 radical (unpaired) electrons. The van der Waals surface area contributed by atoms with Crippen LogP contribution >= 0.6 is 0 Å². The van der Waals surface area contributed by atoms with Gasteiger partial charge in [-0.2, -0.15) is 5.10 Å². The number of aromatic nitrogens is 2. The highest BCUT2D eigenvalue weighted by Gasteiger charge is 2.14. The quantitative estimate of drug-likeness (QED) is 0.716. The van der Waals surface area contributed by atoms with Gasteiger partial charge in [-0.05, 0) is 25.7 Å². The Labute approximate surface area is 91.5 Å². The number of aryl methyl sites for hydroxylation is 2. The average Bonchev–Trinajstić information content (AvgIpc) is 2.37. The summed E-state index contributed by atoms with van der Waals surface area (Å²) in [6.45, 7) is 11.3. The van der Waals surface area contributed by atoms with Gasteiger partial charge in [0.1, 0.15) is 0 Å². The van der Waals surface area contributed by atoms with Gasteiger partial charge in [-0.25, -0.2) is 0 Å². The summed E-state index contributed by atoms with van der Waals surface area (Å²) in [5, 5.41) is 4.37. The summed E-state index contributed by atoms with van der Waals surface area (Å²) in [5.74, 6) is 0. The van der Waals surface area contributed by atoms with Crippen LogP contribution in [0.4, 0.5) is 0 Å². The van der Waals surface area contributed by atoms with E-state index in [1.54, 1.807) is 0 Å². The van der Waals surface area contributed by atoms with Crippen LogP contribution in [0.1, 0.15) is 48.9 Å². The summed E-state index contributed by atoms with van der Waals surface area (Å²) >= 11 is 0. The minimum absolute atomic E-state index is 0.299. The fraction of sp³-hybridized carbons (Fsp3) is 0.667. The van der Waals surface area contributed by atoms with E-state index in [4.69, 9.17) is 0 Å². The van der Waals surface area contributed by atoms with E-state index in [0.717, 1.165) is 36.2 Å². The Bertz CT molecular complexity index is 358. The summed E-state index contributed by atoms with van der Waals surface area (Å²) in [6, 6.07) is 0. The minimum atomic E-state index is 0.299. The van der Waals surface area contributed by atoms with E-state index in [1.165, 1.54) is 0 Å². The van der Waals surface area contributed by atoms with Crippen LogP contribution in [-0.4, -0.2) is 16.1 Å². The molecule has 0 aliphatic carbocycles. The number of rotatable bonds is 3. The molecule has 1 aromatic rings. The first-order valence-electron chi connectivity index (χ1n) is 5.34. The molecule has 0 saturated heterocycles. The molecule has 84 valence electrons. The van der Waals surface area contributed by atoms with E-state index in [-0.39, 0.29) is 0 Å². The Balaban J connectivity index is 2.83. The fourth-order valence-electron chi connectivity index (χ4n) is 1.54. The summed E-state index contributed by atoms with van der Waals surface area (Å²) < 4.78 is 1.93. The molecule has 0 N–H and O–H groups in total. The molecule has 0 atom stereocenters. The third kappa shape index (κ3) is 2.91. The van der Waals surface area contributed by atoms with Crippen LogP contribution < -0.4 is 0 Å². The maximum Gasteiger partial charge on any atom is 0.153 e. The van der Waals surface area contributed by atoms with Crippen LogP contribution in [0.15, 0.2) is 0 Å². The Morgan fingerprint density at radius 1 is 1.33 bits per heavy atom. The molecule has 0 aliphatic rings. The van der Waals surface area contributed by atoms with Crippen molar-refractivity contribution in [3.63, 3.8) is 0 Å². The molecule has 3 heteroatoms. The van der Waals surface area contributed by atoms with Gasteiger partial charge in [-0.3, -0.25) is 9.48 Å². The third-order valence-electron chi connectivity index (χ3n) is 2.63. The number of hydrogen-bond acceptors (Lipinski definition) is 2. The van der Waals surface area contributed by atoms with E-state index in [9.17, 15) is 4.79 Å². The Morgan fingerprint density at radius 3 is 2.33 bits per heavy atom. The van der Waals surface area contributed by atoms with Crippen LogP contribution in [0.5, 0.6) is 0 Å². The summed E-state index contributed by atoms with van der Waals surface area (Å²) in [6.07, 6.45) is 1.96. The van der Waals surface area contributed by atoms with Crippen LogP contribution in [0.25, 0.3) is 0 Å². The lowest BCUT2D eigenvalue weighted by Crippen LogP contribution is -2.12. The fourth-order valence-corrected chi connectivity index (χ4v) is 1.54. The normalized spacial score (nSPS) is 11.8. The molecule has 1 aromatic heterocycles. The van der Waals surface area contributed by atoms with Gasteiger partial charge in [0.2, 0.25) is 0 Å². The molecule has 0 bridgehead atoms. The zero-order chi connectivity index (χ0) is 11.6. The summed E-state index contributed by atoms with van der Waals surface area (Å²) in [5.41, 5.74) is 2.85. The number of nitrogens with zero attached hydrogens (tertiary/aromatic N) is 2. The molecular formula is C12H20N2O. The molecule has 0 fully saturated rings. The molecule has 1 heterocycles. The van der Waals surface area contributed by atoms with Gasteiger partial charge in [0, 0.05) is 12.2 Å². The predicted octanol–water partition coefficient (Wildman–Crippen LogP) is 2.75. The van der Waals surface area contributed by atoms with E-state index < -0.39 is 0 Å². The van der Waals surface area contributed by atoms with Crippen molar-refractivity contribution in [2.75, 3.05) is 0 Å². The lowest BCUT2D eigenvalue weighted by molar-refractivity contribution is 0.112. The summed E-state index contributed by atoms with van der Waals surface area (Å²) in [4.78, 5) is 10.8. The second-order valence-electron chi connectivity index (χ2n) is 5.24. The lowest BCUT2D eigenvalue weighted by Gasteiger charge is -2.18. The van der Waals surface area contributed by atoms with Crippen molar-refractivity contribution in [1.82, 2.24) is 9.78 Å². The van der Waals surface area contributed by atoms with E-state index in [0.29, 0.717) is 5.41 Å². The van der Waals surface area contributed by atoms with Gasteiger partial charge in [0.05, 0.1) is 11.3 Å². The van der Waals surface area contributed by atoms with E-state index in [1.807, 2.05) is 18.5 Å². The van der Waals surface area contributed by atoms with Gasteiger partial charge >= 0.3 is 0 Å². The van der Waals surface area contributed by atoms with Crippen molar-refractivity contribution in [3.05, 3.63) is 17.0 Å². The zero-order valence-electron chi connectivity index (χ0n) is 10.3. The standard InChI is InChI=1S/C12H20N2O/c1-9-11(8-15)10(2)14(13-9)7-6-12(3,4)5/h8H,6-7H2,1-5H3.